The van der Waals surface area contributed by atoms with Crippen LogP contribution in [0.4, 0.5) is 5.69 Å². The fourth-order valence-electron chi connectivity index (χ4n) is 4.99. The van der Waals surface area contributed by atoms with Gasteiger partial charge in [0.25, 0.3) is 11.8 Å². The van der Waals surface area contributed by atoms with Gasteiger partial charge < -0.3 is 15.5 Å². The number of hydrogen-bond donors (Lipinski definition) is 2. The van der Waals surface area contributed by atoms with Crippen molar-refractivity contribution in [2.45, 2.75) is 44.6 Å². The number of carbonyl (C=O) groups is 3. The molecule has 2 saturated carbocycles. The fourth-order valence-corrected chi connectivity index (χ4v) is 4.99. The molecular weight excluding hydrogens is 394 g/mol. The summed E-state index contributed by atoms with van der Waals surface area (Å²) in [5, 5.41) is 11.2. The van der Waals surface area contributed by atoms with Crippen LogP contribution in [0.15, 0.2) is 18.2 Å². The van der Waals surface area contributed by atoms with Crippen LogP contribution in [-0.4, -0.2) is 58.1 Å². The number of nitrogens with one attached hydrogen (secondary N) is 2. The summed E-state index contributed by atoms with van der Waals surface area (Å²) in [5.41, 5.74) is 1.53. The number of carbonyl (C=O) groups excluding carboxylic acids is 3. The van der Waals surface area contributed by atoms with E-state index in [9.17, 15) is 14.4 Å². The van der Waals surface area contributed by atoms with Gasteiger partial charge in [-0.15, -0.1) is 0 Å². The molecule has 7 rings (SSSR count). The molecule has 3 aliphatic heterocycles. The van der Waals surface area contributed by atoms with Crippen LogP contribution in [0.25, 0.3) is 10.9 Å². The second kappa shape index (κ2) is 7.15. The SMILES string of the molecule is O=C(N[C@H]1CN2CCC1CC2)c1nn(C(=O)C2CC2)c2ccc(NC(=O)C3CC3)cc12. The Hall–Kier alpha value is -2.74. The molecule has 5 aliphatic rings. The number of anilines is 1. The summed E-state index contributed by atoms with van der Waals surface area (Å²) >= 11 is 0. The van der Waals surface area contributed by atoms with Crippen LogP contribution in [0.5, 0.6) is 0 Å². The third-order valence-electron chi connectivity index (χ3n) is 7.22. The summed E-state index contributed by atoms with van der Waals surface area (Å²) in [7, 11) is 0. The number of piperidine rings is 3. The lowest BCUT2D eigenvalue weighted by molar-refractivity contribution is -0.117. The average molecular weight is 422 g/mol. The minimum Gasteiger partial charge on any atom is -0.346 e. The molecular formula is C23H27N5O3. The lowest BCUT2D eigenvalue weighted by atomic mass is 9.84. The molecule has 3 saturated heterocycles. The Kier molecular flexibility index (Phi) is 4.38. The molecule has 0 unspecified atom stereocenters. The molecule has 0 radical (unpaired) electrons. The number of nitrogens with zero attached hydrogens (tertiary/aromatic N) is 3. The lowest BCUT2D eigenvalue weighted by Crippen LogP contribution is -2.57. The van der Waals surface area contributed by atoms with Gasteiger partial charge in [0.1, 0.15) is 0 Å². The fraction of sp³-hybridized carbons (Fsp3) is 0.565. The molecule has 1 aromatic heterocycles. The zero-order valence-electron chi connectivity index (χ0n) is 17.5. The second-order valence-corrected chi connectivity index (χ2v) is 9.59. The summed E-state index contributed by atoms with van der Waals surface area (Å²) in [6, 6.07) is 5.48. The lowest BCUT2D eigenvalue weighted by Gasteiger charge is -2.44. The van der Waals surface area contributed by atoms with Gasteiger partial charge in [-0.3, -0.25) is 14.4 Å². The Morgan fingerprint density at radius 1 is 0.968 bits per heavy atom. The van der Waals surface area contributed by atoms with Gasteiger partial charge >= 0.3 is 0 Å². The maximum atomic E-state index is 13.3. The standard InChI is InChI=1S/C23H27N5O3/c29-21(14-1-2-14)24-16-5-6-19-17(11-16)20(26-28(19)23(31)15-3-4-15)22(30)25-18-12-27-9-7-13(18)8-10-27/h5-6,11,13-15,18H,1-4,7-10,12H2,(H,24,29)(H,25,30)/t18-/m0/s1. The van der Waals surface area contributed by atoms with E-state index < -0.39 is 0 Å². The highest BCUT2D eigenvalue weighted by atomic mass is 16.2. The van der Waals surface area contributed by atoms with E-state index in [1.54, 1.807) is 18.2 Å². The Labute approximate surface area is 180 Å². The first-order valence-corrected chi connectivity index (χ1v) is 11.5. The van der Waals surface area contributed by atoms with Gasteiger partial charge in [0.05, 0.1) is 5.52 Å². The van der Waals surface area contributed by atoms with Gasteiger partial charge in [0.2, 0.25) is 5.91 Å². The maximum absolute atomic E-state index is 13.3. The van der Waals surface area contributed by atoms with Crippen molar-refractivity contribution >= 4 is 34.3 Å². The monoisotopic (exact) mass is 421 g/mol. The van der Waals surface area contributed by atoms with Crippen LogP contribution >= 0.6 is 0 Å². The Morgan fingerprint density at radius 3 is 2.35 bits per heavy atom. The summed E-state index contributed by atoms with van der Waals surface area (Å²) < 4.78 is 1.39. The predicted molar refractivity (Wildman–Crippen MR) is 115 cm³/mol. The van der Waals surface area contributed by atoms with E-state index >= 15 is 0 Å². The van der Waals surface area contributed by atoms with Crippen molar-refractivity contribution in [3.63, 3.8) is 0 Å². The van der Waals surface area contributed by atoms with Crippen molar-refractivity contribution in [3.8, 4) is 0 Å². The van der Waals surface area contributed by atoms with Gasteiger partial charge in [-0.25, -0.2) is 0 Å². The quantitative estimate of drug-likeness (QED) is 0.772. The Morgan fingerprint density at radius 2 is 1.71 bits per heavy atom. The summed E-state index contributed by atoms with van der Waals surface area (Å²) in [6.07, 6.45) is 5.81. The largest absolute Gasteiger partial charge is 0.346 e. The van der Waals surface area contributed by atoms with E-state index in [1.165, 1.54) is 4.68 Å². The molecule has 4 heterocycles. The van der Waals surface area contributed by atoms with Crippen LogP contribution in [0.1, 0.15) is 53.8 Å². The van der Waals surface area contributed by atoms with Crippen LogP contribution in [0.2, 0.25) is 0 Å². The molecule has 1 atom stereocenters. The molecule has 0 spiro atoms. The third kappa shape index (κ3) is 3.52. The van der Waals surface area contributed by atoms with Gasteiger partial charge in [0.15, 0.2) is 5.69 Å². The highest BCUT2D eigenvalue weighted by Crippen LogP contribution is 2.34. The Bertz CT molecular complexity index is 1080. The minimum atomic E-state index is -0.239. The molecule has 2 aliphatic carbocycles. The van der Waals surface area contributed by atoms with Crippen LogP contribution in [0, 0.1) is 17.8 Å². The molecule has 31 heavy (non-hydrogen) atoms. The Balaban J connectivity index is 1.33. The van der Waals surface area contributed by atoms with E-state index in [0.29, 0.717) is 22.5 Å². The number of amides is 2. The molecule has 162 valence electrons. The third-order valence-corrected chi connectivity index (χ3v) is 7.22. The van der Waals surface area contributed by atoms with Gasteiger partial charge in [0, 0.05) is 35.5 Å². The average Bonchev–Trinajstić information content (AvgIpc) is 3.69. The zero-order valence-corrected chi connectivity index (χ0v) is 17.5. The summed E-state index contributed by atoms with van der Waals surface area (Å²) in [5.74, 6) is 0.311. The first-order valence-electron chi connectivity index (χ1n) is 11.5. The summed E-state index contributed by atoms with van der Waals surface area (Å²) in [6.45, 7) is 3.09. The van der Waals surface area contributed by atoms with Gasteiger partial charge in [-0.2, -0.15) is 9.78 Å². The molecule has 5 fully saturated rings. The van der Waals surface area contributed by atoms with E-state index in [0.717, 1.165) is 58.2 Å². The van der Waals surface area contributed by atoms with E-state index in [-0.39, 0.29) is 41.3 Å². The minimum absolute atomic E-state index is 0.00450. The van der Waals surface area contributed by atoms with Crippen molar-refractivity contribution in [1.82, 2.24) is 20.0 Å². The zero-order chi connectivity index (χ0) is 21.1. The smallest absolute Gasteiger partial charge is 0.272 e. The molecule has 8 heteroatoms. The molecule has 1 aromatic carbocycles. The van der Waals surface area contributed by atoms with Crippen molar-refractivity contribution in [2.75, 3.05) is 25.0 Å². The summed E-state index contributed by atoms with van der Waals surface area (Å²) in [4.78, 5) is 40.7. The number of hydrogen-bond acceptors (Lipinski definition) is 5. The van der Waals surface area contributed by atoms with Crippen molar-refractivity contribution < 1.29 is 14.4 Å². The molecule has 2 aromatic rings. The van der Waals surface area contributed by atoms with Gasteiger partial charge in [-0.1, -0.05) is 0 Å². The first-order chi connectivity index (χ1) is 15.1. The van der Waals surface area contributed by atoms with Crippen molar-refractivity contribution in [3.05, 3.63) is 23.9 Å². The first kappa shape index (κ1) is 19.0. The molecule has 2 bridgehead atoms. The number of rotatable bonds is 5. The molecule has 2 N–H and O–H groups in total. The van der Waals surface area contributed by atoms with Crippen molar-refractivity contribution in [1.29, 1.82) is 0 Å². The number of aromatic nitrogens is 2. The van der Waals surface area contributed by atoms with Crippen LogP contribution in [0.3, 0.4) is 0 Å². The van der Waals surface area contributed by atoms with E-state index in [4.69, 9.17) is 0 Å². The second-order valence-electron chi connectivity index (χ2n) is 9.59. The highest BCUT2D eigenvalue weighted by Gasteiger charge is 2.37. The normalized spacial score (nSPS) is 27.3. The number of benzene rings is 1. The van der Waals surface area contributed by atoms with E-state index in [1.807, 2.05) is 0 Å². The van der Waals surface area contributed by atoms with E-state index in [2.05, 4.69) is 20.6 Å². The van der Waals surface area contributed by atoms with Crippen LogP contribution < -0.4 is 10.6 Å². The molecule has 8 nitrogen and oxygen atoms in total. The number of fused-ring (bicyclic) bond motifs is 4. The maximum Gasteiger partial charge on any atom is 0.272 e. The highest BCUT2D eigenvalue weighted by molar-refractivity contribution is 6.09. The van der Waals surface area contributed by atoms with Crippen molar-refractivity contribution in [2.24, 2.45) is 17.8 Å². The predicted octanol–water partition coefficient (Wildman–Crippen LogP) is 2.26. The van der Waals surface area contributed by atoms with Gasteiger partial charge in [-0.05, 0) is 75.7 Å². The molecule has 2 amide bonds. The topological polar surface area (TPSA) is 96.3 Å². The van der Waals surface area contributed by atoms with Crippen LogP contribution in [-0.2, 0) is 4.79 Å².